The van der Waals surface area contributed by atoms with Gasteiger partial charge in [0.1, 0.15) is 18.2 Å². The lowest BCUT2D eigenvalue weighted by Crippen LogP contribution is -1.89. The van der Waals surface area contributed by atoms with E-state index in [-0.39, 0.29) is 5.56 Å². The molecule has 0 aliphatic heterocycles. The smallest absolute Gasteiger partial charge is 0.150 e. The van der Waals surface area contributed by atoms with Crippen LogP contribution in [0.2, 0.25) is 0 Å². The predicted octanol–water partition coefficient (Wildman–Crippen LogP) is 3.18. The van der Waals surface area contributed by atoms with Crippen molar-refractivity contribution in [3.8, 4) is 17.2 Å². The van der Waals surface area contributed by atoms with Gasteiger partial charge >= 0.3 is 0 Å². The average molecular weight is 225 g/mol. The van der Waals surface area contributed by atoms with Crippen molar-refractivity contribution in [1.29, 1.82) is 5.26 Å². The number of nitriles is 1. The van der Waals surface area contributed by atoms with Crippen molar-refractivity contribution in [2.45, 2.75) is 0 Å². The summed E-state index contributed by atoms with van der Waals surface area (Å²) in [4.78, 5) is 10.5. The van der Waals surface area contributed by atoms with Crippen molar-refractivity contribution in [3.63, 3.8) is 0 Å². The van der Waals surface area contributed by atoms with Crippen LogP contribution in [0.3, 0.4) is 0 Å². The first-order valence-electron chi connectivity index (χ1n) is 5.00. The molecule has 0 unspecified atom stereocenters. The molecule has 0 aliphatic carbocycles. The third-order valence-electron chi connectivity index (χ3n) is 2.48. The third kappa shape index (κ3) is 2.06. The molecular weight excluding hydrogens is 217 g/mol. The Morgan fingerprint density at radius 3 is 2.41 bits per heavy atom. The first-order valence-corrected chi connectivity index (χ1v) is 5.00. The fraction of sp³-hybridized carbons (Fsp3) is 0. The average Bonchev–Trinajstić information content (AvgIpc) is 2.38. The minimum absolute atomic E-state index is 0.0198. The summed E-state index contributed by atoms with van der Waals surface area (Å²) >= 11 is 0. The van der Waals surface area contributed by atoms with Gasteiger partial charge in [0.05, 0.1) is 5.56 Å². The van der Waals surface area contributed by atoms with E-state index in [2.05, 4.69) is 0 Å². The van der Waals surface area contributed by atoms with Crippen molar-refractivity contribution in [1.82, 2.24) is 0 Å². The van der Waals surface area contributed by atoms with Gasteiger partial charge in [-0.2, -0.15) is 5.26 Å². The lowest BCUT2D eigenvalue weighted by molar-refractivity contribution is 0.112. The fourth-order valence-corrected chi connectivity index (χ4v) is 1.62. The monoisotopic (exact) mass is 225 g/mol. The summed E-state index contributed by atoms with van der Waals surface area (Å²) in [6.07, 6.45) is 0.737. The normalized spacial score (nSPS) is 9.65. The van der Waals surface area contributed by atoms with Crippen molar-refractivity contribution in [2.75, 3.05) is 0 Å². The van der Waals surface area contributed by atoms with Gasteiger partial charge in [-0.05, 0) is 11.6 Å². The number of hydrogen-bond acceptors (Lipinski definition) is 2. The molecule has 0 saturated heterocycles. The van der Waals surface area contributed by atoms with E-state index >= 15 is 0 Å². The molecule has 2 aromatic carbocycles. The lowest BCUT2D eigenvalue weighted by Gasteiger charge is -2.04. The van der Waals surface area contributed by atoms with E-state index in [0.717, 1.165) is 6.29 Å². The Hall–Kier alpha value is -2.47. The Morgan fingerprint density at radius 2 is 1.82 bits per heavy atom. The predicted molar refractivity (Wildman–Crippen MR) is 61.9 cm³/mol. The molecule has 0 N–H and O–H groups in total. The second-order valence-electron chi connectivity index (χ2n) is 3.51. The zero-order chi connectivity index (χ0) is 12.3. The molecular formula is C14H8FNO. The third-order valence-corrected chi connectivity index (χ3v) is 2.48. The Balaban J connectivity index is 2.57. The topological polar surface area (TPSA) is 40.9 Å². The van der Waals surface area contributed by atoms with Crippen LogP contribution in [0.15, 0.2) is 42.5 Å². The van der Waals surface area contributed by atoms with Gasteiger partial charge in [0.2, 0.25) is 0 Å². The lowest BCUT2D eigenvalue weighted by atomic mass is 9.99. The van der Waals surface area contributed by atoms with Crippen LogP contribution in [0.1, 0.15) is 15.9 Å². The van der Waals surface area contributed by atoms with E-state index < -0.39 is 5.82 Å². The van der Waals surface area contributed by atoms with E-state index in [4.69, 9.17) is 5.26 Å². The summed E-state index contributed by atoms with van der Waals surface area (Å²) < 4.78 is 13.4. The van der Waals surface area contributed by atoms with Crippen LogP contribution in [-0.4, -0.2) is 6.29 Å². The van der Waals surface area contributed by atoms with Crippen LogP contribution in [0.4, 0.5) is 4.39 Å². The van der Waals surface area contributed by atoms with Crippen LogP contribution in [0.5, 0.6) is 0 Å². The highest BCUT2D eigenvalue weighted by Crippen LogP contribution is 2.25. The van der Waals surface area contributed by atoms with E-state index in [0.29, 0.717) is 16.7 Å². The number of carbonyl (C=O) groups is 1. The van der Waals surface area contributed by atoms with Gasteiger partial charge in [-0.25, -0.2) is 4.39 Å². The number of halogens is 1. The molecule has 82 valence electrons. The number of nitrogens with zero attached hydrogens (tertiary/aromatic N) is 1. The van der Waals surface area contributed by atoms with Crippen molar-refractivity contribution in [2.24, 2.45) is 0 Å². The molecule has 0 bridgehead atoms. The van der Waals surface area contributed by atoms with Crippen molar-refractivity contribution < 1.29 is 9.18 Å². The number of hydrogen-bond donors (Lipinski definition) is 0. The Morgan fingerprint density at radius 1 is 1.12 bits per heavy atom. The molecule has 0 atom stereocenters. The molecule has 0 amide bonds. The molecule has 0 heterocycles. The van der Waals surface area contributed by atoms with Crippen molar-refractivity contribution in [3.05, 3.63) is 59.4 Å². The summed E-state index contributed by atoms with van der Waals surface area (Å²) in [5.74, 6) is -0.538. The van der Waals surface area contributed by atoms with Gasteiger partial charge in [-0.1, -0.05) is 36.4 Å². The Labute approximate surface area is 97.9 Å². The van der Waals surface area contributed by atoms with Gasteiger partial charge in [0.25, 0.3) is 0 Å². The van der Waals surface area contributed by atoms with Crippen LogP contribution in [0, 0.1) is 17.1 Å². The molecule has 0 spiro atoms. The number of aldehydes is 1. The number of carbonyl (C=O) groups excluding carboxylic acids is 1. The molecule has 17 heavy (non-hydrogen) atoms. The van der Waals surface area contributed by atoms with E-state index in [1.165, 1.54) is 6.07 Å². The standard InChI is InChI=1S/C14H8FNO/c15-14-3-1-2-12(13(14)8-16)11-6-4-10(9-17)5-7-11/h1-7,9H. The summed E-state index contributed by atoms with van der Waals surface area (Å²) in [6.45, 7) is 0. The highest BCUT2D eigenvalue weighted by atomic mass is 19.1. The van der Waals surface area contributed by atoms with Gasteiger partial charge in [-0.3, -0.25) is 4.79 Å². The largest absolute Gasteiger partial charge is 0.298 e. The summed E-state index contributed by atoms with van der Waals surface area (Å²) in [6, 6.07) is 13.0. The van der Waals surface area contributed by atoms with E-state index in [9.17, 15) is 9.18 Å². The molecule has 2 rings (SSSR count). The van der Waals surface area contributed by atoms with Crippen LogP contribution >= 0.6 is 0 Å². The quantitative estimate of drug-likeness (QED) is 0.736. The molecule has 0 aromatic heterocycles. The maximum Gasteiger partial charge on any atom is 0.150 e. The van der Waals surface area contributed by atoms with Crippen LogP contribution in [0.25, 0.3) is 11.1 Å². The Kier molecular flexibility index (Phi) is 2.97. The SMILES string of the molecule is N#Cc1c(F)cccc1-c1ccc(C=O)cc1. The fourth-order valence-electron chi connectivity index (χ4n) is 1.62. The molecule has 2 aromatic rings. The van der Waals surface area contributed by atoms with Crippen LogP contribution < -0.4 is 0 Å². The minimum atomic E-state index is -0.538. The van der Waals surface area contributed by atoms with Gasteiger partial charge in [0, 0.05) is 11.1 Å². The van der Waals surface area contributed by atoms with Gasteiger partial charge in [0.15, 0.2) is 0 Å². The summed E-state index contributed by atoms with van der Waals surface area (Å²) in [7, 11) is 0. The summed E-state index contributed by atoms with van der Waals surface area (Å²) in [5, 5.41) is 8.92. The maximum atomic E-state index is 13.4. The molecule has 2 nitrogen and oxygen atoms in total. The van der Waals surface area contributed by atoms with E-state index in [1.54, 1.807) is 36.4 Å². The Bertz CT molecular complexity index is 597. The molecule has 0 radical (unpaired) electrons. The van der Waals surface area contributed by atoms with E-state index in [1.807, 2.05) is 6.07 Å². The molecule has 3 heteroatoms. The second-order valence-corrected chi connectivity index (χ2v) is 3.51. The second kappa shape index (κ2) is 4.58. The van der Waals surface area contributed by atoms with Crippen LogP contribution in [-0.2, 0) is 0 Å². The van der Waals surface area contributed by atoms with Crippen molar-refractivity contribution >= 4 is 6.29 Å². The zero-order valence-corrected chi connectivity index (χ0v) is 8.85. The summed E-state index contributed by atoms with van der Waals surface area (Å²) in [5.41, 5.74) is 1.81. The number of rotatable bonds is 2. The molecule has 0 fully saturated rings. The van der Waals surface area contributed by atoms with Gasteiger partial charge in [-0.15, -0.1) is 0 Å². The highest BCUT2D eigenvalue weighted by molar-refractivity contribution is 5.78. The number of benzene rings is 2. The minimum Gasteiger partial charge on any atom is -0.298 e. The molecule has 0 saturated carbocycles. The first kappa shape index (κ1) is 11.0. The van der Waals surface area contributed by atoms with Gasteiger partial charge < -0.3 is 0 Å². The highest BCUT2D eigenvalue weighted by Gasteiger charge is 2.09. The maximum absolute atomic E-state index is 13.4. The first-order chi connectivity index (χ1) is 8.26. The zero-order valence-electron chi connectivity index (χ0n) is 8.85. The molecule has 0 aliphatic rings.